The summed E-state index contributed by atoms with van der Waals surface area (Å²) in [7, 11) is -0.631. The molecular formula is C13H18BClO3. The topological polar surface area (TPSA) is 27.7 Å². The molecule has 1 aliphatic rings. The molecule has 18 heavy (non-hydrogen) atoms. The van der Waals surface area contributed by atoms with E-state index in [1.54, 1.807) is 0 Å². The molecular weight excluding hydrogens is 250 g/mol. The van der Waals surface area contributed by atoms with Gasteiger partial charge < -0.3 is 14.0 Å². The molecule has 3 nitrogen and oxygen atoms in total. The maximum atomic E-state index is 5.91. The third-order valence-corrected chi connectivity index (χ3v) is 3.74. The molecule has 0 spiro atoms. The summed E-state index contributed by atoms with van der Waals surface area (Å²) < 4.78 is 17.1. The summed E-state index contributed by atoms with van der Waals surface area (Å²) in [5.41, 5.74) is 0.259. The Bertz CT molecular complexity index is 418. The third kappa shape index (κ3) is 2.89. The summed E-state index contributed by atoms with van der Waals surface area (Å²) >= 11 is 5.91. The molecule has 1 aliphatic heterocycles. The number of hydrogen-bond donors (Lipinski definition) is 0. The Morgan fingerprint density at radius 3 is 2.33 bits per heavy atom. The molecule has 1 saturated heterocycles. The Morgan fingerprint density at radius 2 is 1.78 bits per heavy atom. The van der Waals surface area contributed by atoms with E-state index in [1.807, 2.05) is 52.0 Å². The van der Waals surface area contributed by atoms with E-state index in [-0.39, 0.29) is 11.2 Å². The van der Waals surface area contributed by atoms with Crippen molar-refractivity contribution in [3.05, 3.63) is 34.9 Å². The summed E-state index contributed by atoms with van der Waals surface area (Å²) in [6.45, 7) is 8.40. The monoisotopic (exact) mass is 268 g/mol. The minimum Gasteiger partial charge on any atom is -0.382 e. The van der Waals surface area contributed by atoms with E-state index in [1.165, 1.54) is 0 Å². The molecule has 1 fully saturated rings. The van der Waals surface area contributed by atoms with Crippen molar-refractivity contribution in [3.63, 3.8) is 0 Å². The van der Waals surface area contributed by atoms with Gasteiger partial charge in [0.1, 0.15) is 0 Å². The minimum absolute atomic E-state index is 0.369. The quantitative estimate of drug-likeness (QED) is 0.786. The van der Waals surface area contributed by atoms with E-state index in [0.717, 1.165) is 5.56 Å². The highest BCUT2D eigenvalue weighted by Gasteiger charge is 2.52. The van der Waals surface area contributed by atoms with Crippen LogP contribution in [0.25, 0.3) is 0 Å². The van der Waals surface area contributed by atoms with Gasteiger partial charge in [0.25, 0.3) is 0 Å². The lowest BCUT2D eigenvalue weighted by Crippen LogP contribution is -2.41. The Balaban J connectivity index is 1.93. The lowest BCUT2D eigenvalue weighted by atomic mass is 9.90. The first-order valence-electron chi connectivity index (χ1n) is 6.02. The number of benzene rings is 1. The molecule has 0 radical (unpaired) electrons. The van der Waals surface area contributed by atoms with Crippen LogP contribution in [-0.2, 0) is 20.6 Å². The van der Waals surface area contributed by atoms with Crippen LogP contribution < -0.4 is 0 Å². The highest BCUT2D eigenvalue weighted by atomic mass is 35.5. The van der Waals surface area contributed by atoms with Gasteiger partial charge in [0.2, 0.25) is 0 Å². The molecule has 0 unspecified atom stereocenters. The first-order chi connectivity index (χ1) is 8.30. The van der Waals surface area contributed by atoms with Crippen LogP contribution in [0.15, 0.2) is 24.3 Å². The highest BCUT2D eigenvalue weighted by Crippen LogP contribution is 2.37. The van der Waals surface area contributed by atoms with Gasteiger partial charge in [-0.05, 0) is 45.4 Å². The van der Waals surface area contributed by atoms with Crippen LogP contribution in [-0.4, -0.2) is 18.5 Å². The smallest absolute Gasteiger partial charge is 0.382 e. The van der Waals surface area contributed by atoms with Crippen molar-refractivity contribution in [1.29, 1.82) is 0 Å². The van der Waals surface area contributed by atoms with Crippen LogP contribution >= 0.6 is 11.6 Å². The van der Waals surface area contributed by atoms with Crippen LogP contribution in [0.1, 0.15) is 33.3 Å². The molecule has 0 atom stereocenters. The van der Waals surface area contributed by atoms with Gasteiger partial charge in [-0.1, -0.05) is 23.7 Å². The van der Waals surface area contributed by atoms with Crippen molar-refractivity contribution < 1.29 is 14.0 Å². The molecule has 5 heteroatoms. The fraction of sp³-hybridized carbons (Fsp3) is 0.538. The summed E-state index contributed by atoms with van der Waals surface area (Å²) in [6, 6.07) is 7.55. The van der Waals surface area contributed by atoms with Gasteiger partial charge in [0, 0.05) is 5.02 Å². The van der Waals surface area contributed by atoms with Crippen molar-refractivity contribution in [2.45, 2.75) is 45.5 Å². The van der Waals surface area contributed by atoms with Gasteiger partial charge in [-0.25, -0.2) is 0 Å². The van der Waals surface area contributed by atoms with Crippen LogP contribution in [0.2, 0.25) is 5.02 Å². The number of rotatable bonds is 3. The second-order valence-electron chi connectivity index (χ2n) is 5.49. The molecule has 98 valence electrons. The molecule has 0 bridgehead atoms. The van der Waals surface area contributed by atoms with E-state index in [0.29, 0.717) is 11.6 Å². The minimum atomic E-state index is -0.631. The number of halogens is 1. The summed E-state index contributed by atoms with van der Waals surface area (Å²) in [4.78, 5) is 0. The molecule has 0 aromatic heterocycles. The average Bonchev–Trinajstić information content (AvgIpc) is 2.45. The molecule has 1 aromatic rings. The van der Waals surface area contributed by atoms with Gasteiger partial charge in [-0.2, -0.15) is 0 Å². The van der Waals surface area contributed by atoms with E-state index >= 15 is 0 Å². The molecule has 0 amide bonds. The van der Waals surface area contributed by atoms with E-state index in [4.69, 9.17) is 25.6 Å². The van der Waals surface area contributed by atoms with E-state index < -0.39 is 7.32 Å². The zero-order chi connectivity index (χ0) is 13.4. The Morgan fingerprint density at radius 1 is 1.17 bits per heavy atom. The summed E-state index contributed by atoms with van der Waals surface area (Å²) in [5.74, 6) is 0. The fourth-order valence-electron chi connectivity index (χ4n) is 1.65. The van der Waals surface area contributed by atoms with Crippen molar-refractivity contribution in [2.75, 3.05) is 0 Å². The van der Waals surface area contributed by atoms with Crippen molar-refractivity contribution in [1.82, 2.24) is 0 Å². The summed E-state index contributed by atoms with van der Waals surface area (Å²) in [6.07, 6.45) is 0. The average molecular weight is 269 g/mol. The predicted octanol–water partition coefficient (Wildman–Crippen LogP) is 3.45. The van der Waals surface area contributed by atoms with E-state index in [2.05, 4.69) is 0 Å². The second-order valence-corrected chi connectivity index (χ2v) is 5.92. The van der Waals surface area contributed by atoms with Crippen LogP contribution in [0.3, 0.4) is 0 Å². The molecule has 2 rings (SSSR count). The maximum Gasteiger partial charge on any atom is 0.640 e. The zero-order valence-corrected chi connectivity index (χ0v) is 12.0. The maximum absolute atomic E-state index is 5.91. The molecule has 0 saturated carbocycles. The van der Waals surface area contributed by atoms with Gasteiger partial charge in [0.05, 0.1) is 17.8 Å². The summed E-state index contributed by atoms with van der Waals surface area (Å²) in [5, 5.41) is 0.699. The van der Waals surface area contributed by atoms with Crippen molar-refractivity contribution in [3.8, 4) is 0 Å². The lowest BCUT2D eigenvalue weighted by molar-refractivity contribution is 0.00578. The first-order valence-corrected chi connectivity index (χ1v) is 6.40. The van der Waals surface area contributed by atoms with E-state index in [9.17, 15) is 0 Å². The second kappa shape index (κ2) is 4.85. The van der Waals surface area contributed by atoms with Crippen molar-refractivity contribution >= 4 is 18.9 Å². The Kier molecular flexibility index (Phi) is 3.74. The first kappa shape index (κ1) is 13.9. The Hall–Kier alpha value is -0.545. The standard InChI is InChI=1S/C13H18BClO3/c1-12(2)13(3,4)18-14(17-12)16-9-10-6-5-7-11(15)8-10/h5-8H,9H2,1-4H3. The molecule has 1 heterocycles. The van der Waals surface area contributed by atoms with Gasteiger partial charge in [0.15, 0.2) is 0 Å². The number of hydrogen-bond acceptors (Lipinski definition) is 3. The largest absolute Gasteiger partial charge is 0.640 e. The zero-order valence-electron chi connectivity index (χ0n) is 11.2. The fourth-order valence-corrected chi connectivity index (χ4v) is 1.86. The molecule has 0 N–H and O–H groups in total. The van der Waals surface area contributed by atoms with Gasteiger partial charge in [-0.3, -0.25) is 0 Å². The molecule has 1 aromatic carbocycles. The Labute approximate surface area is 114 Å². The molecule has 0 aliphatic carbocycles. The normalized spacial score (nSPS) is 21.3. The lowest BCUT2D eigenvalue weighted by Gasteiger charge is -2.31. The van der Waals surface area contributed by atoms with Crippen LogP contribution in [0.4, 0.5) is 0 Å². The van der Waals surface area contributed by atoms with Gasteiger partial charge in [-0.15, -0.1) is 0 Å². The van der Waals surface area contributed by atoms with Crippen LogP contribution in [0.5, 0.6) is 0 Å². The van der Waals surface area contributed by atoms with Crippen molar-refractivity contribution in [2.24, 2.45) is 0 Å². The van der Waals surface area contributed by atoms with Crippen LogP contribution in [0, 0.1) is 0 Å². The highest BCUT2D eigenvalue weighted by molar-refractivity contribution is 6.37. The van der Waals surface area contributed by atoms with Gasteiger partial charge >= 0.3 is 7.32 Å². The third-order valence-electron chi connectivity index (χ3n) is 3.51. The predicted molar refractivity (Wildman–Crippen MR) is 72.3 cm³/mol. The SMILES string of the molecule is CC1(C)OB(OCc2cccc(Cl)c2)OC1(C)C.